The molecule has 1 rings (SSSR count). The lowest BCUT2D eigenvalue weighted by Gasteiger charge is -2.61. The van der Waals surface area contributed by atoms with Gasteiger partial charge in [0.05, 0.1) is 13.2 Å². The van der Waals surface area contributed by atoms with Gasteiger partial charge in [-0.25, -0.2) is 9.59 Å². The molecule has 0 N–H and O–H groups in total. The highest BCUT2D eigenvalue weighted by Crippen LogP contribution is 2.57. The first-order valence-electron chi connectivity index (χ1n) is 9.81. The quantitative estimate of drug-likeness (QED) is 0.269. The Morgan fingerprint density at radius 3 is 2.03 bits per heavy atom. The fourth-order valence-corrected chi connectivity index (χ4v) is 5.74. The molecule has 0 aromatic rings. The lowest BCUT2D eigenvalue weighted by Crippen LogP contribution is -2.78. The zero-order valence-electron chi connectivity index (χ0n) is 19.6. The third kappa shape index (κ3) is 4.45. The highest BCUT2D eigenvalue weighted by atomic mass is 32.1. The molecule has 10 heteroatoms. The monoisotopic (exact) mass is 460 g/mol. The zero-order valence-corrected chi connectivity index (χ0v) is 21.4. The fourth-order valence-electron chi connectivity index (χ4n) is 3.48. The second-order valence-corrected chi connectivity index (χ2v) is 15.3. The Hall–Kier alpha value is -1.39. The average molecular weight is 461 g/mol. The van der Waals surface area contributed by atoms with Crippen LogP contribution in [-0.4, -0.2) is 62.2 Å². The summed E-state index contributed by atoms with van der Waals surface area (Å²) in [5.74, 6) is -3.91. The van der Waals surface area contributed by atoms with Gasteiger partial charge in [0.15, 0.2) is 14.9 Å². The average Bonchev–Trinajstić information content (AvgIpc) is 2.56. The Morgan fingerprint density at radius 1 is 1.17 bits per heavy atom. The highest BCUT2D eigenvalue weighted by molar-refractivity contribution is 7.81. The molecule has 1 aliphatic rings. The van der Waals surface area contributed by atoms with E-state index in [0.717, 1.165) is 12.0 Å². The van der Waals surface area contributed by atoms with Crippen LogP contribution in [-0.2, 0) is 33.1 Å². The van der Waals surface area contributed by atoms with E-state index in [4.69, 9.17) is 17.1 Å². The van der Waals surface area contributed by atoms with Crippen LogP contribution in [0.3, 0.4) is 0 Å². The van der Waals surface area contributed by atoms with Crippen LogP contribution in [0.25, 0.3) is 0 Å². The molecule has 0 aliphatic carbocycles. The summed E-state index contributed by atoms with van der Waals surface area (Å²) >= 11 is 5.58. The van der Waals surface area contributed by atoms with Gasteiger partial charge < -0.3 is 13.9 Å². The first kappa shape index (κ1) is 26.6. The molecular weight excluding hydrogens is 426 g/mol. The minimum Gasteiger partial charge on any atom is -0.466 e. The van der Waals surface area contributed by atoms with Crippen LogP contribution in [0.15, 0.2) is 0 Å². The Morgan fingerprint density at radius 2 is 1.67 bits per heavy atom. The Balaban J connectivity index is 3.17. The van der Waals surface area contributed by atoms with Gasteiger partial charge in [0.2, 0.25) is 5.91 Å². The molecule has 0 spiro atoms. The van der Waals surface area contributed by atoms with Crippen molar-refractivity contribution in [1.29, 1.82) is 0 Å². The molecule has 171 valence electrons. The number of likely N-dealkylation sites (tertiary alicyclic amines) is 1. The van der Waals surface area contributed by atoms with E-state index in [9.17, 15) is 19.2 Å². The summed E-state index contributed by atoms with van der Waals surface area (Å²) in [6.07, 6.45) is -0.566. The van der Waals surface area contributed by atoms with Crippen LogP contribution in [0.4, 0.5) is 0 Å². The molecule has 1 fully saturated rings. The molecule has 0 aromatic carbocycles. The molecule has 2 amide bonds. The molecule has 30 heavy (non-hydrogen) atoms. The van der Waals surface area contributed by atoms with Crippen molar-refractivity contribution in [1.82, 2.24) is 4.90 Å². The molecule has 1 aliphatic heterocycles. The first-order chi connectivity index (χ1) is 13.4. The summed E-state index contributed by atoms with van der Waals surface area (Å²) in [5.41, 5.74) is -1.80. The normalized spacial score (nSPS) is 23.5. The molecule has 0 unspecified atom stereocenters. The molecule has 0 saturated carbocycles. The van der Waals surface area contributed by atoms with Gasteiger partial charge in [0, 0.05) is 0 Å². The molecule has 8 nitrogen and oxygen atoms in total. The van der Waals surface area contributed by atoms with E-state index in [1.165, 1.54) is 0 Å². The van der Waals surface area contributed by atoms with Crippen molar-refractivity contribution >= 4 is 44.7 Å². The standard InChI is InChI=1S/C20H34NO7SSi/c1-12(28-30(9,10)19(5,6)7)20(18(2,3)4)16(25)21(17(20)29)14(23)15(24)27-11-13(22)26-8/h12,17H,11H2,1-10H3/t12-,17-,20-/m1/s1. The van der Waals surface area contributed by atoms with Crippen molar-refractivity contribution in [3.8, 4) is 0 Å². The number of amides is 2. The molecule has 1 radical (unpaired) electrons. The summed E-state index contributed by atoms with van der Waals surface area (Å²) in [6, 6.07) is 0. The fraction of sp³-hybridized carbons (Fsp3) is 0.800. The number of esters is 2. The molecule has 1 saturated heterocycles. The van der Waals surface area contributed by atoms with Crippen molar-refractivity contribution in [3.05, 3.63) is 0 Å². The van der Waals surface area contributed by atoms with Crippen LogP contribution in [0.5, 0.6) is 0 Å². The van der Waals surface area contributed by atoms with Crippen LogP contribution < -0.4 is 0 Å². The summed E-state index contributed by atoms with van der Waals surface area (Å²) in [7, 11) is -1.12. The van der Waals surface area contributed by atoms with Crippen molar-refractivity contribution in [2.24, 2.45) is 10.8 Å². The smallest absolute Gasteiger partial charge is 0.398 e. The molecular formula is C20H34NO7SSi. The van der Waals surface area contributed by atoms with E-state index >= 15 is 0 Å². The van der Waals surface area contributed by atoms with Crippen LogP contribution in [0.1, 0.15) is 48.5 Å². The van der Waals surface area contributed by atoms with Gasteiger partial charge >= 0.3 is 17.8 Å². The molecule has 1 heterocycles. The maximum Gasteiger partial charge on any atom is 0.398 e. The number of methoxy groups -OCH3 is 1. The Kier molecular flexibility index (Phi) is 7.66. The van der Waals surface area contributed by atoms with Crippen LogP contribution in [0.2, 0.25) is 18.1 Å². The minimum absolute atomic E-state index is 0.0860. The number of ether oxygens (including phenoxy) is 2. The maximum atomic E-state index is 13.3. The van der Waals surface area contributed by atoms with Crippen molar-refractivity contribution in [3.63, 3.8) is 0 Å². The number of hydrogen-bond donors (Lipinski definition) is 0. The third-order valence-corrected chi connectivity index (χ3v) is 11.4. The molecule has 3 atom stereocenters. The van der Waals surface area contributed by atoms with Crippen LogP contribution >= 0.6 is 12.6 Å². The van der Waals surface area contributed by atoms with Gasteiger partial charge in [-0.15, -0.1) is 0 Å². The number of carbonyl (C=O) groups is 4. The van der Waals surface area contributed by atoms with Gasteiger partial charge in [-0.2, -0.15) is 0 Å². The Bertz CT molecular complexity index is 726. The zero-order chi connectivity index (χ0) is 23.9. The van der Waals surface area contributed by atoms with Gasteiger partial charge in [0.25, 0.3) is 0 Å². The van der Waals surface area contributed by atoms with E-state index in [-0.39, 0.29) is 5.04 Å². The van der Waals surface area contributed by atoms with E-state index in [1.54, 1.807) is 6.92 Å². The summed E-state index contributed by atoms with van der Waals surface area (Å²) in [6.45, 7) is 17.1. The van der Waals surface area contributed by atoms with Crippen molar-refractivity contribution in [2.75, 3.05) is 13.7 Å². The minimum atomic E-state index is -2.24. The lowest BCUT2D eigenvalue weighted by atomic mass is 9.58. The number of carbonyl (C=O) groups excluding carboxylic acids is 4. The predicted molar refractivity (Wildman–Crippen MR) is 116 cm³/mol. The second-order valence-electron chi connectivity index (χ2n) is 10.1. The number of hydrogen-bond acceptors (Lipinski definition) is 7. The van der Waals surface area contributed by atoms with E-state index in [0.29, 0.717) is 0 Å². The summed E-state index contributed by atoms with van der Waals surface area (Å²) in [4.78, 5) is 49.7. The van der Waals surface area contributed by atoms with Crippen molar-refractivity contribution in [2.45, 2.75) is 78.1 Å². The first-order valence-corrected chi connectivity index (χ1v) is 13.2. The van der Waals surface area contributed by atoms with Gasteiger partial charge in [-0.05, 0) is 30.5 Å². The van der Waals surface area contributed by atoms with Gasteiger partial charge in [-0.1, -0.05) is 54.2 Å². The van der Waals surface area contributed by atoms with E-state index in [2.05, 4.69) is 43.3 Å². The largest absolute Gasteiger partial charge is 0.466 e. The third-order valence-electron chi connectivity index (χ3n) is 6.30. The lowest BCUT2D eigenvalue weighted by molar-refractivity contribution is -0.199. The molecule has 0 aromatic heterocycles. The molecule has 0 bridgehead atoms. The van der Waals surface area contributed by atoms with Crippen LogP contribution in [0, 0.1) is 10.8 Å². The number of imide groups is 1. The SMILES string of the molecule is COC(=O)COC(=O)C(=O)N1C(=O)[C@@]([C@@H](C)O[Si](C)(C)C(C)(C)C)(C(C)(C)C)[C@H]1[S]. The number of β-lactam (4-membered cyclic amide) rings is 1. The van der Waals surface area contributed by atoms with E-state index < -0.39 is 61.0 Å². The Labute approximate surface area is 185 Å². The highest BCUT2D eigenvalue weighted by Gasteiger charge is 2.71. The van der Waals surface area contributed by atoms with Gasteiger partial charge in [0.1, 0.15) is 10.8 Å². The topological polar surface area (TPSA) is 99.2 Å². The summed E-state index contributed by atoms with van der Waals surface area (Å²) in [5, 5.41) is -1.08. The van der Waals surface area contributed by atoms with E-state index in [1.807, 2.05) is 20.8 Å². The maximum absolute atomic E-state index is 13.3. The summed E-state index contributed by atoms with van der Waals surface area (Å²) < 4.78 is 15.5. The second kappa shape index (κ2) is 8.62. The van der Waals surface area contributed by atoms with Crippen molar-refractivity contribution < 1.29 is 33.1 Å². The number of rotatable bonds is 5. The predicted octanol–water partition coefficient (Wildman–Crippen LogP) is 3.04. The number of nitrogens with zero attached hydrogens (tertiary/aromatic N) is 1. The van der Waals surface area contributed by atoms with Gasteiger partial charge in [-0.3, -0.25) is 14.5 Å².